The maximum absolute atomic E-state index is 12.4. The zero-order valence-electron chi connectivity index (χ0n) is 11.5. The van der Waals surface area contributed by atoms with Crippen LogP contribution in [-0.2, 0) is 24.3 Å². The van der Waals surface area contributed by atoms with E-state index in [-0.39, 0.29) is 23.8 Å². The second-order valence-corrected chi connectivity index (χ2v) is 5.70. The van der Waals surface area contributed by atoms with Crippen molar-refractivity contribution in [3.63, 3.8) is 0 Å². The topological polar surface area (TPSA) is 93.7 Å². The summed E-state index contributed by atoms with van der Waals surface area (Å²) in [5.41, 5.74) is -0.875. The highest BCUT2D eigenvalue weighted by molar-refractivity contribution is 5.81. The van der Waals surface area contributed by atoms with Crippen LogP contribution >= 0.6 is 0 Å². The highest BCUT2D eigenvalue weighted by Gasteiger charge is 2.65. The van der Waals surface area contributed by atoms with E-state index in [1.807, 2.05) is 6.92 Å². The Labute approximate surface area is 114 Å². The van der Waals surface area contributed by atoms with Gasteiger partial charge in [-0.05, 0) is 5.92 Å². The van der Waals surface area contributed by atoms with Gasteiger partial charge in [0.2, 0.25) is 0 Å². The highest BCUT2D eigenvalue weighted by Crippen LogP contribution is 2.62. The summed E-state index contributed by atoms with van der Waals surface area (Å²) < 4.78 is 2.39. The number of nitrogens with zero attached hydrogens (tertiary/aromatic N) is 3. The van der Waals surface area contributed by atoms with Crippen LogP contribution in [0, 0.1) is 11.8 Å². The smallest absolute Gasteiger partial charge is 0.332 e. The van der Waals surface area contributed by atoms with E-state index in [1.54, 1.807) is 13.3 Å². The number of aliphatic imine (C=N–C) groups is 1. The van der Waals surface area contributed by atoms with Gasteiger partial charge in [0.25, 0.3) is 5.56 Å². The summed E-state index contributed by atoms with van der Waals surface area (Å²) in [6.45, 7) is 1.88. The predicted octanol–water partition coefficient (Wildman–Crippen LogP) is -0.222. The number of hydrogen-bond acceptors (Lipinski definition) is 4. The van der Waals surface area contributed by atoms with E-state index < -0.39 is 17.1 Å². The van der Waals surface area contributed by atoms with Gasteiger partial charge in [-0.15, -0.1) is 0 Å². The molecule has 106 valence electrons. The number of carbonyl (C=O) groups is 1. The van der Waals surface area contributed by atoms with E-state index in [2.05, 4.69) is 4.99 Å². The molecule has 3 unspecified atom stereocenters. The first kappa shape index (κ1) is 12.8. The van der Waals surface area contributed by atoms with Crippen LogP contribution in [-0.4, -0.2) is 26.4 Å². The Hall–Kier alpha value is -2.18. The average molecular weight is 277 g/mol. The molecule has 0 aromatic carbocycles. The first-order valence-corrected chi connectivity index (χ1v) is 6.36. The average Bonchev–Trinajstić information content (AvgIpc) is 2.96. The van der Waals surface area contributed by atoms with Crippen LogP contribution in [0.15, 0.2) is 14.6 Å². The molecule has 1 aliphatic carbocycles. The lowest BCUT2D eigenvalue weighted by atomic mass is 9.93. The first-order valence-electron chi connectivity index (χ1n) is 6.36. The Balaban J connectivity index is 2.25. The molecule has 1 saturated carbocycles. The van der Waals surface area contributed by atoms with Gasteiger partial charge in [0.1, 0.15) is 5.82 Å². The Morgan fingerprint density at radius 2 is 2.05 bits per heavy atom. The van der Waals surface area contributed by atoms with Gasteiger partial charge in [-0.2, -0.15) is 0 Å². The van der Waals surface area contributed by atoms with Gasteiger partial charge in [-0.25, -0.2) is 9.79 Å². The van der Waals surface area contributed by atoms with Gasteiger partial charge in [0.15, 0.2) is 0 Å². The Morgan fingerprint density at radius 3 is 2.65 bits per heavy atom. The Morgan fingerprint density at radius 1 is 1.40 bits per heavy atom. The predicted molar refractivity (Wildman–Crippen MR) is 71.7 cm³/mol. The van der Waals surface area contributed by atoms with Gasteiger partial charge in [0.05, 0.1) is 5.56 Å². The number of aromatic nitrogens is 2. The van der Waals surface area contributed by atoms with Gasteiger partial charge < -0.3 is 5.11 Å². The maximum Gasteiger partial charge on any atom is 0.332 e. The van der Waals surface area contributed by atoms with Crippen LogP contribution < -0.4 is 11.2 Å². The van der Waals surface area contributed by atoms with Gasteiger partial charge >= 0.3 is 11.7 Å². The molecule has 0 saturated heterocycles. The van der Waals surface area contributed by atoms with Crippen LogP contribution in [0.5, 0.6) is 0 Å². The summed E-state index contributed by atoms with van der Waals surface area (Å²) in [7, 11) is 2.99. The molecule has 0 radical (unpaired) electrons. The molecule has 0 amide bonds. The molecular weight excluding hydrogens is 262 g/mol. The molecular formula is C13H15N3O4. The summed E-state index contributed by atoms with van der Waals surface area (Å²) in [6.07, 6.45) is 1.67. The standard InChI is InChI=1S/C13H15N3O4/c1-13-6(4-8(17)18)7(13)5-14-10-9(13)11(19)16(3)12(20)15(10)2/h5-7H,4H2,1-3H3,(H,17,18). The highest BCUT2D eigenvalue weighted by atomic mass is 16.4. The second-order valence-electron chi connectivity index (χ2n) is 5.70. The molecule has 2 heterocycles. The molecule has 2 aliphatic rings. The fraction of sp³-hybridized carbons (Fsp3) is 0.538. The van der Waals surface area contributed by atoms with Crippen molar-refractivity contribution in [2.75, 3.05) is 0 Å². The van der Waals surface area contributed by atoms with Crippen molar-refractivity contribution in [1.82, 2.24) is 9.13 Å². The van der Waals surface area contributed by atoms with Gasteiger partial charge in [0, 0.05) is 38.1 Å². The lowest BCUT2D eigenvalue weighted by Gasteiger charge is -2.20. The summed E-state index contributed by atoms with van der Waals surface area (Å²) >= 11 is 0. The van der Waals surface area contributed by atoms with Crippen molar-refractivity contribution in [2.45, 2.75) is 18.8 Å². The van der Waals surface area contributed by atoms with Crippen LogP contribution in [0.1, 0.15) is 18.9 Å². The van der Waals surface area contributed by atoms with Crippen LogP contribution in [0.2, 0.25) is 0 Å². The quantitative estimate of drug-likeness (QED) is 0.808. The minimum atomic E-state index is -0.887. The molecule has 0 spiro atoms. The van der Waals surface area contributed by atoms with E-state index in [9.17, 15) is 14.4 Å². The Kier molecular flexibility index (Phi) is 2.36. The number of carboxylic acids is 1. The summed E-state index contributed by atoms with van der Waals surface area (Å²) in [6, 6.07) is 0. The lowest BCUT2D eigenvalue weighted by Crippen LogP contribution is -2.41. The van der Waals surface area contributed by atoms with Crippen molar-refractivity contribution in [3.05, 3.63) is 26.4 Å². The zero-order chi connectivity index (χ0) is 14.8. The molecule has 7 nitrogen and oxygen atoms in total. The van der Waals surface area contributed by atoms with Crippen LogP contribution in [0.25, 0.3) is 0 Å². The van der Waals surface area contributed by atoms with Crippen molar-refractivity contribution in [1.29, 1.82) is 0 Å². The molecule has 1 aromatic heterocycles. The third kappa shape index (κ3) is 1.35. The number of carboxylic acid groups (broad SMARTS) is 1. The zero-order valence-corrected chi connectivity index (χ0v) is 11.5. The normalized spacial score (nSPS) is 29.8. The molecule has 1 fully saturated rings. The van der Waals surface area contributed by atoms with Crippen molar-refractivity contribution in [2.24, 2.45) is 30.9 Å². The fourth-order valence-corrected chi connectivity index (χ4v) is 3.38. The second kappa shape index (κ2) is 3.68. The number of fused-ring (bicyclic) bond motifs is 3. The van der Waals surface area contributed by atoms with Crippen molar-refractivity contribution >= 4 is 18.0 Å². The molecule has 1 aliphatic heterocycles. The van der Waals surface area contributed by atoms with E-state index in [4.69, 9.17) is 5.11 Å². The van der Waals surface area contributed by atoms with Gasteiger partial charge in [-0.1, -0.05) is 6.92 Å². The third-order valence-corrected chi connectivity index (χ3v) is 4.71. The summed E-state index contributed by atoms with van der Waals surface area (Å²) in [4.78, 5) is 39.4. The minimum Gasteiger partial charge on any atom is -0.481 e. The number of rotatable bonds is 2. The van der Waals surface area contributed by atoms with E-state index in [0.29, 0.717) is 11.4 Å². The Bertz CT molecular complexity index is 773. The third-order valence-electron chi connectivity index (χ3n) is 4.71. The SMILES string of the molecule is Cn1c2c(c(=O)n(C)c1=O)C1(C)C(C=N2)C1CC(=O)O. The molecule has 0 bridgehead atoms. The lowest BCUT2D eigenvalue weighted by molar-refractivity contribution is -0.137. The molecule has 1 N–H and O–H groups in total. The summed E-state index contributed by atoms with van der Waals surface area (Å²) in [5.74, 6) is -0.724. The van der Waals surface area contributed by atoms with Crippen molar-refractivity contribution in [3.8, 4) is 0 Å². The monoisotopic (exact) mass is 277 g/mol. The molecule has 20 heavy (non-hydrogen) atoms. The largest absolute Gasteiger partial charge is 0.481 e. The van der Waals surface area contributed by atoms with Gasteiger partial charge in [-0.3, -0.25) is 18.7 Å². The fourth-order valence-electron chi connectivity index (χ4n) is 3.38. The molecule has 7 heteroatoms. The van der Waals surface area contributed by atoms with Crippen LogP contribution in [0.4, 0.5) is 5.82 Å². The van der Waals surface area contributed by atoms with Crippen molar-refractivity contribution < 1.29 is 9.90 Å². The number of aliphatic carboxylic acids is 1. The maximum atomic E-state index is 12.4. The van der Waals surface area contributed by atoms with E-state index >= 15 is 0 Å². The molecule has 3 rings (SSSR count). The van der Waals surface area contributed by atoms with E-state index in [1.165, 1.54) is 11.6 Å². The number of hydrogen-bond donors (Lipinski definition) is 1. The molecule has 3 atom stereocenters. The summed E-state index contributed by atoms with van der Waals surface area (Å²) in [5, 5.41) is 8.97. The van der Waals surface area contributed by atoms with Crippen LogP contribution in [0.3, 0.4) is 0 Å². The molecule has 1 aromatic rings. The van der Waals surface area contributed by atoms with E-state index in [0.717, 1.165) is 4.57 Å². The minimum absolute atomic E-state index is 0.00137. The first-order chi connectivity index (χ1) is 9.30.